The molecule has 0 saturated heterocycles. The summed E-state index contributed by atoms with van der Waals surface area (Å²) in [4.78, 5) is 2.30. The molecule has 6 aromatic rings. The fourth-order valence-corrected chi connectivity index (χ4v) is 5.48. The Labute approximate surface area is 261 Å². The second-order valence-corrected chi connectivity index (χ2v) is 10.8. The minimum atomic E-state index is 0.826. The third kappa shape index (κ3) is 6.69. The van der Waals surface area contributed by atoms with E-state index in [0.717, 1.165) is 29.1 Å². The topological polar surface area (TPSA) is 3.24 Å². The summed E-state index contributed by atoms with van der Waals surface area (Å²) in [5, 5.41) is 0. The number of benzene rings is 6. The summed E-state index contributed by atoms with van der Waals surface area (Å²) in [5.74, 6) is 0. The molecule has 1 heteroatoms. The number of hydrogen-bond acceptors (Lipinski definition) is 1. The van der Waals surface area contributed by atoms with E-state index in [4.69, 9.17) is 0 Å². The van der Waals surface area contributed by atoms with Crippen molar-refractivity contribution in [2.45, 2.75) is 6.42 Å². The predicted molar refractivity (Wildman–Crippen MR) is 190 cm³/mol. The van der Waals surface area contributed by atoms with E-state index in [2.05, 4.69) is 176 Å². The molecule has 1 nitrogen and oxygen atoms in total. The predicted octanol–water partition coefficient (Wildman–Crippen LogP) is 12.0. The fraction of sp³-hybridized carbons (Fsp3) is 0.0233. The lowest BCUT2D eigenvalue weighted by molar-refractivity contribution is 1.21. The van der Waals surface area contributed by atoms with Crippen LogP contribution in [-0.4, -0.2) is 0 Å². The Balaban J connectivity index is 1.25. The molecule has 212 valence electrons. The van der Waals surface area contributed by atoms with Crippen LogP contribution in [0.4, 0.5) is 17.1 Å². The number of anilines is 3. The highest BCUT2D eigenvalue weighted by atomic mass is 15.1. The normalized spacial score (nSPS) is 10.9. The Hall–Kier alpha value is -5.66. The summed E-state index contributed by atoms with van der Waals surface area (Å²) < 4.78 is 0. The van der Waals surface area contributed by atoms with Gasteiger partial charge in [0.1, 0.15) is 0 Å². The number of nitrogens with zero attached hydrogens (tertiary/aromatic N) is 1. The van der Waals surface area contributed by atoms with Crippen molar-refractivity contribution in [2.75, 3.05) is 4.90 Å². The number of hydrogen-bond donors (Lipinski definition) is 0. The van der Waals surface area contributed by atoms with Gasteiger partial charge in [-0.15, -0.1) is 0 Å². The van der Waals surface area contributed by atoms with Gasteiger partial charge in [0, 0.05) is 17.1 Å². The third-order valence-electron chi connectivity index (χ3n) is 7.75. The van der Waals surface area contributed by atoms with Crippen LogP contribution in [0.2, 0.25) is 0 Å². The van der Waals surface area contributed by atoms with Gasteiger partial charge in [-0.1, -0.05) is 152 Å². The Morgan fingerprint density at radius 3 is 1.45 bits per heavy atom. The van der Waals surface area contributed by atoms with Crippen molar-refractivity contribution in [3.8, 4) is 33.4 Å². The van der Waals surface area contributed by atoms with Crippen molar-refractivity contribution in [3.05, 3.63) is 200 Å². The average molecular weight is 566 g/mol. The Kier molecular flexibility index (Phi) is 8.76. The highest BCUT2D eigenvalue weighted by Crippen LogP contribution is 2.37. The maximum atomic E-state index is 4.14. The van der Waals surface area contributed by atoms with Crippen molar-refractivity contribution in [1.29, 1.82) is 0 Å². The first-order chi connectivity index (χ1) is 21.7. The van der Waals surface area contributed by atoms with Gasteiger partial charge < -0.3 is 4.90 Å². The third-order valence-corrected chi connectivity index (χ3v) is 7.75. The van der Waals surface area contributed by atoms with Crippen LogP contribution in [0.1, 0.15) is 5.56 Å². The standard InChI is InChI=1S/C43H35N/c1-3-4-12-33(2)31-34-19-21-36(22-20-34)37-23-27-42(28-24-37)44(41-17-9-6-10-18-41)43-29-25-38(26-30-43)40-16-11-15-39(32-40)35-13-7-5-8-14-35/h3-30,32H,1-2,31H2/b12-4-. The van der Waals surface area contributed by atoms with Gasteiger partial charge in [0.2, 0.25) is 0 Å². The Bertz CT molecular complexity index is 1860. The van der Waals surface area contributed by atoms with Gasteiger partial charge in [-0.3, -0.25) is 0 Å². The number of para-hydroxylation sites is 1. The molecule has 0 atom stereocenters. The second-order valence-electron chi connectivity index (χ2n) is 10.8. The van der Waals surface area contributed by atoms with Crippen LogP contribution in [0.25, 0.3) is 33.4 Å². The molecular formula is C43H35N. The van der Waals surface area contributed by atoms with Crippen molar-refractivity contribution in [3.63, 3.8) is 0 Å². The zero-order chi connectivity index (χ0) is 30.1. The molecule has 0 radical (unpaired) electrons. The van der Waals surface area contributed by atoms with Crippen LogP contribution in [0, 0.1) is 0 Å². The second kappa shape index (κ2) is 13.5. The van der Waals surface area contributed by atoms with Gasteiger partial charge >= 0.3 is 0 Å². The molecule has 6 rings (SSSR count). The Morgan fingerprint density at radius 2 is 0.909 bits per heavy atom. The molecule has 0 aliphatic carbocycles. The molecule has 6 aromatic carbocycles. The fourth-order valence-electron chi connectivity index (χ4n) is 5.48. The number of rotatable bonds is 10. The molecule has 0 fully saturated rings. The molecule has 0 heterocycles. The average Bonchev–Trinajstić information content (AvgIpc) is 3.09. The summed E-state index contributed by atoms with van der Waals surface area (Å²) in [6, 6.07) is 56.2. The van der Waals surface area contributed by atoms with Gasteiger partial charge in [-0.25, -0.2) is 0 Å². The molecule has 0 unspecified atom stereocenters. The first-order valence-corrected chi connectivity index (χ1v) is 15.0. The summed E-state index contributed by atoms with van der Waals surface area (Å²) in [6.07, 6.45) is 6.54. The van der Waals surface area contributed by atoms with Gasteiger partial charge in [0.05, 0.1) is 0 Å². The van der Waals surface area contributed by atoms with Crippen molar-refractivity contribution >= 4 is 17.1 Å². The van der Waals surface area contributed by atoms with E-state index in [1.807, 2.05) is 12.2 Å². The summed E-state index contributed by atoms with van der Waals surface area (Å²) in [6.45, 7) is 7.87. The van der Waals surface area contributed by atoms with Crippen molar-refractivity contribution in [2.24, 2.45) is 0 Å². The van der Waals surface area contributed by atoms with E-state index >= 15 is 0 Å². The molecule has 0 aliphatic rings. The van der Waals surface area contributed by atoms with Crippen LogP contribution < -0.4 is 4.90 Å². The molecule has 0 amide bonds. The molecule has 0 aliphatic heterocycles. The van der Waals surface area contributed by atoms with E-state index in [1.165, 1.54) is 38.9 Å². The SMILES string of the molecule is C=C/C=C\C(=C)Cc1ccc(-c2ccc(N(c3ccccc3)c3ccc(-c4cccc(-c5ccccc5)c4)cc3)cc2)cc1. The summed E-state index contributed by atoms with van der Waals surface area (Å²) in [7, 11) is 0. The van der Waals surface area contributed by atoms with E-state index in [0.29, 0.717) is 0 Å². The first kappa shape index (κ1) is 28.5. The molecule has 0 aromatic heterocycles. The maximum absolute atomic E-state index is 4.14. The lowest BCUT2D eigenvalue weighted by Gasteiger charge is -2.26. The van der Waals surface area contributed by atoms with E-state index in [9.17, 15) is 0 Å². The van der Waals surface area contributed by atoms with Crippen LogP contribution >= 0.6 is 0 Å². The van der Waals surface area contributed by atoms with Crippen LogP contribution in [-0.2, 0) is 6.42 Å². The van der Waals surface area contributed by atoms with Gasteiger partial charge in [0.25, 0.3) is 0 Å². The highest BCUT2D eigenvalue weighted by Gasteiger charge is 2.13. The molecule has 44 heavy (non-hydrogen) atoms. The van der Waals surface area contributed by atoms with Crippen molar-refractivity contribution in [1.82, 2.24) is 0 Å². The first-order valence-electron chi connectivity index (χ1n) is 15.0. The zero-order valence-electron chi connectivity index (χ0n) is 24.8. The maximum Gasteiger partial charge on any atom is 0.0462 e. The molecule has 0 bridgehead atoms. The molecule has 0 spiro atoms. The van der Waals surface area contributed by atoms with Crippen LogP contribution in [0.3, 0.4) is 0 Å². The monoisotopic (exact) mass is 565 g/mol. The smallest absolute Gasteiger partial charge is 0.0462 e. The van der Waals surface area contributed by atoms with Crippen LogP contribution in [0.5, 0.6) is 0 Å². The highest BCUT2D eigenvalue weighted by molar-refractivity contribution is 5.80. The van der Waals surface area contributed by atoms with Gasteiger partial charge in [-0.05, 0) is 87.8 Å². The molecule has 0 saturated carbocycles. The van der Waals surface area contributed by atoms with Gasteiger partial charge in [0.15, 0.2) is 0 Å². The Morgan fingerprint density at radius 1 is 0.477 bits per heavy atom. The van der Waals surface area contributed by atoms with E-state index < -0.39 is 0 Å². The largest absolute Gasteiger partial charge is 0.311 e. The zero-order valence-corrected chi connectivity index (χ0v) is 24.8. The van der Waals surface area contributed by atoms with Crippen LogP contribution in [0.15, 0.2) is 195 Å². The van der Waals surface area contributed by atoms with Crippen molar-refractivity contribution < 1.29 is 0 Å². The number of allylic oxidation sites excluding steroid dienone is 4. The minimum Gasteiger partial charge on any atom is -0.311 e. The van der Waals surface area contributed by atoms with Gasteiger partial charge in [-0.2, -0.15) is 0 Å². The van der Waals surface area contributed by atoms with E-state index in [1.54, 1.807) is 6.08 Å². The summed E-state index contributed by atoms with van der Waals surface area (Å²) in [5.41, 5.74) is 12.9. The molecular weight excluding hydrogens is 530 g/mol. The summed E-state index contributed by atoms with van der Waals surface area (Å²) >= 11 is 0. The minimum absolute atomic E-state index is 0.826. The van der Waals surface area contributed by atoms with E-state index in [-0.39, 0.29) is 0 Å². The quantitative estimate of drug-likeness (QED) is 0.149. The molecule has 0 N–H and O–H groups in total. The lowest BCUT2D eigenvalue weighted by Crippen LogP contribution is -2.09. The lowest BCUT2D eigenvalue weighted by atomic mass is 9.98.